The molecule has 1 N–H and O–H groups in total. The minimum Gasteiger partial charge on any atom is -0.497 e. The number of methoxy groups -OCH3 is 2. The molecule has 0 aliphatic rings. The number of rotatable bonds is 12. The lowest BCUT2D eigenvalue weighted by Crippen LogP contribution is -2.55. The highest BCUT2D eigenvalue weighted by atomic mass is 32.2. The van der Waals surface area contributed by atoms with Crippen molar-refractivity contribution in [2.45, 2.75) is 64.1 Å². The summed E-state index contributed by atoms with van der Waals surface area (Å²) >= 11 is 0. The Hall–Kier alpha value is -4.05. The van der Waals surface area contributed by atoms with Gasteiger partial charge in [0.15, 0.2) is 0 Å². The number of amides is 2. The van der Waals surface area contributed by atoms with E-state index in [4.69, 9.17) is 9.47 Å². The predicted octanol–water partition coefficient (Wildman–Crippen LogP) is 4.93. The quantitative estimate of drug-likeness (QED) is 0.318. The van der Waals surface area contributed by atoms with Crippen LogP contribution in [0.15, 0.2) is 77.7 Å². The van der Waals surface area contributed by atoms with Crippen LogP contribution in [-0.2, 0) is 26.2 Å². The molecule has 0 saturated heterocycles. The number of nitrogens with one attached hydrogen (secondary N) is 1. The monoisotopic (exact) mass is 595 g/mol. The second-order valence-corrected chi connectivity index (χ2v) is 12.9. The standard InChI is InChI=1S/C32H41N3O6S/c1-8-27(31(37)33-32(3,4)5)34(21-24-13-12-14-25(20-24)40-6)30(36)22-35(28-19-23(2)17-18-29(28)41-7)42(38,39)26-15-10-9-11-16-26/h9-20,27H,8,21-22H2,1-7H3,(H,33,37)/t27-/m0/s1. The Kier molecular flexibility index (Phi) is 10.6. The molecule has 3 aromatic carbocycles. The molecule has 0 heterocycles. The van der Waals surface area contributed by atoms with Gasteiger partial charge < -0.3 is 19.7 Å². The van der Waals surface area contributed by atoms with Crippen molar-refractivity contribution in [3.63, 3.8) is 0 Å². The lowest BCUT2D eigenvalue weighted by molar-refractivity contribution is -0.141. The zero-order chi connectivity index (χ0) is 31.1. The molecule has 42 heavy (non-hydrogen) atoms. The fourth-order valence-corrected chi connectivity index (χ4v) is 6.01. The molecule has 0 aromatic heterocycles. The van der Waals surface area contributed by atoms with Gasteiger partial charge in [0.2, 0.25) is 11.8 Å². The van der Waals surface area contributed by atoms with E-state index in [2.05, 4.69) is 5.32 Å². The van der Waals surface area contributed by atoms with Crippen LogP contribution in [0.2, 0.25) is 0 Å². The number of carbonyl (C=O) groups excluding carboxylic acids is 2. The van der Waals surface area contributed by atoms with Crippen molar-refractivity contribution in [1.29, 1.82) is 0 Å². The van der Waals surface area contributed by atoms with Gasteiger partial charge in [0.25, 0.3) is 10.0 Å². The van der Waals surface area contributed by atoms with E-state index in [0.717, 1.165) is 15.4 Å². The van der Waals surface area contributed by atoms with Gasteiger partial charge in [0.1, 0.15) is 24.1 Å². The van der Waals surface area contributed by atoms with Crippen LogP contribution < -0.4 is 19.1 Å². The van der Waals surface area contributed by atoms with Crippen molar-refractivity contribution in [2.75, 3.05) is 25.1 Å². The first-order valence-electron chi connectivity index (χ1n) is 13.8. The van der Waals surface area contributed by atoms with Gasteiger partial charge in [-0.25, -0.2) is 8.42 Å². The van der Waals surface area contributed by atoms with E-state index < -0.39 is 34.1 Å². The summed E-state index contributed by atoms with van der Waals surface area (Å²) in [4.78, 5) is 29.2. The molecule has 0 radical (unpaired) electrons. The van der Waals surface area contributed by atoms with Crippen molar-refractivity contribution in [3.8, 4) is 11.5 Å². The third kappa shape index (κ3) is 8.03. The Balaban J connectivity index is 2.14. The van der Waals surface area contributed by atoms with Crippen molar-refractivity contribution >= 4 is 27.5 Å². The Morgan fingerprint density at radius 3 is 2.21 bits per heavy atom. The molecule has 9 nitrogen and oxygen atoms in total. The maximum atomic E-state index is 14.3. The third-order valence-corrected chi connectivity index (χ3v) is 8.36. The van der Waals surface area contributed by atoms with E-state index in [9.17, 15) is 18.0 Å². The average Bonchev–Trinajstić information content (AvgIpc) is 2.95. The van der Waals surface area contributed by atoms with Gasteiger partial charge in [-0.1, -0.05) is 43.3 Å². The van der Waals surface area contributed by atoms with Gasteiger partial charge in [-0.3, -0.25) is 13.9 Å². The Morgan fingerprint density at radius 2 is 1.62 bits per heavy atom. The van der Waals surface area contributed by atoms with Crippen LogP contribution in [0.3, 0.4) is 0 Å². The number of hydrogen-bond acceptors (Lipinski definition) is 6. The third-order valence-electron chi connectivity index (χ3n) is 6.58. The summed E-state index contributed by atoms with van der Waals surface area (Å²) in [7, 11) is -1.21. The molecular formula is C32H41N3O6S. The second kappa shape index (κ2) is 13.7. The maximum absolute atomic E-state index is 14.3. The van der Waals surface area contributed by atoms with Gasteiger partial charge in [-0.2, -0.15) is 0 Å². The topological polar surface area (TPSA) is 105 Å². The number of ether oxygens (including phenoxy) is 2. The normalized spacial score (nSPS) is 12.3. The maximum Gasteiger partial charge on any atom is 0.264 e. The lowest BCUT2D eigenvalue weighted by Gasteiger charge is -2.35. The second-order valence-electron chi connectivity index (χ2n) is 11.0. The summed E-state index contributed by atoms with van der Waals surface area (Å²) in [5, 5.41) is 2.97. The number of benzene rings is 3. The van der Waals surface area contributed by atoms with Gasteiger partial charge in [-0.05, 0) is 81.6 Å². The summed E-state index contributed by atoms with van der Waals surface area (Å²) in [6, 6.07) is 19.4. The molecule has 10 heteroatoms. The SMILES string of the molecule is CC[C@@H](C(=O)NC(C)(C)C)N(Cc1cccc(OC)c1)C(=O)CN(c1cc(C)ccc1OC)S(=O)(=O)c1ccccc1. The zero-order valence-electron chi connectivity index (χ0n) is 25.4. The van der Waals surface area contributed by atoms with Crippen molar-refractivity contribution in [3.05, 3.63) is 83.9 Å². The highest BCUT2D eigenvalue weighted by Crippen LogP contribution is 2.34. The number of aryl methyl sites for hydroxylation is 1. The first-order chi connectivity index (χ1) is 19.8. The number of hydrogen-bond donors (Lipinski definition) is 1. The summed E-state index contributed by atoms with van der Waals surface area (Å²) in [5.74, 6) is 0.0262. The zero-order valence-corrected chi connectivity index (χ0v) is 26.2. The van der Waals surface area contributed by atoms with E-state index in [1.165, 1.54) is 24.1 Å². The van der Waals surface area contributed by atoms with Gasteiger partial charge >= 0.3 is 0 Å². The molecule has 3 rings (SSSR count). The Labute approximate surface area is 249 Å². The van der Waals surface area contributed by atoms with Gasteiger partial charge in [0.05, 0.1) is 24.8 Å². The fraction of sp³-hybridized carbons (Fsp3) is 0.375. The Morgan fingerprint density at radius 1 is 0.929 bits per heavy atom. The Bertz CT molecular complexity index is 1490. The molecule has 0 saturated carbocycles. The van der Waals surface area contributed by atoms with Crippen molar-refractivity contribution < 1.29 is 27.5 Å². The molecule has 0 fully saturated rings. The van der Waals surface area contributed by atoms with Crippen LogP contribution in [0.5, 0.6) is 11.5 Å². The molecule has 0 aliphatic carbocycles. The van der Waals surface area contributed by atoms with Crippen LogP contribution >= 0.6 is 0 Å². The fourth-order valence-electron chi connectivity index (χ4n) is 4.57. The molecule has 226 valence electrons. The minimum absolute atomic E-state index is 0.0261. The molecule has 0 spiro atoms. The highest BCUT2D eigenvalue weighted by Gasteiger charge is 2.35. The van der Waals surface area contributed by atoms with Crippen LogP contribution in [0.4, 0.5) is 5.69 Å². The highest BCUT2D eigenvalue weighted by molar-refractivity contribution is 7.92. The van der Waals surface area contributed by atoms with E-state index in [1.54, 1.807) is 61.7 Å². The summed E-state index contributed by atoms with van der Waals surface area (Å²) in [5.41, 5.74) is 1.21. The van der Waals surface area contributed by atoms with E-state index in [-0.39, 0.29) is 23.0 Å². The first-order valence-corrected chi connectivity index (χ1v) is 15.2. The summed E-state index contributed by atoms with van der Waals surface area (Å²) in [6.07, 6.45) is 0.316. The van der Waals surface area contributed by atoms with Crippen LogP contribution in [0, 0.1) is 6.92 Å². The van der Waals surface area contributed by atoms with Crippen LogP contribution in [0.1, 0.15) is 45.2 Å². The van der Waals surface area contributed by atoms with E-state index in [0.29, 0.717) is 17.9 Å². The smallest absolute Gasteiger partial charge is 0.264 e. The van der Waals surface area contributed by atoms with E-state index in [1.807, 2.05) is 40.7 Å². The molecule has 2 amide bonds. The molecule has 0 aliphatic heterocycles. The molecule has 1 atom stereocenters. The van der Waals surface area contributed by atoms with Crippen LogP contribution in [0.25, 0.3) is 0 Å². The predicted molar refractivity (Wildman–Crippen MR) is 164 cm³/mol. The number of sulfonamides is 1. The first kappa shape index (κ1) is 32.5. The molecule has 0 bridgehead atoms. The average molecular weight is 596 g/mol. The van der Waals surface area contributed by atoms with Gasteiger partial charge in [-0.15, -0.1) is 0 Å². The van der Waals surface area contributed by atoms with E-state index >= 15 is 0 Å². The lowest BCUT2D eigenvalue weighted by atomic mass is 10.1. The molecule has 3 aromatic rings. The number of carbonyl (C=O) groups is 2. The molecule has 0 unspecified atom stereocenters. The van der Waals surface area contributed by atoms with Gasteiger partial charge in [0, 0.05) is 12.1 Å². The summed E-state index contributed by atoms with van der Waals surface area (Å²) < 4.78 is 40.1. The number of anilines is 1. The van der Waals surface area contributed by atoms with Crippen molar-refractivity contribution in [2.24, 2.45) is 0 Å². The molecular weight excluding hydrogens is 554 g/mol. The minimum atomic E-state index is -4.21. The summed E-state index contributed by atoms with van der Waals surface area (Å²) in [6.45, 7) is 8.76. The van der Waals surface area contributed by atoms with Crippen molar-refractivity contribution in [1.82, 2.24) is 10.2 Å². The van der Waals surface area contributed by atoms with Crippen LogP contribution in [-0.4, -0.2) is 57.5 Å². The largest absolute Gasteiger partial charge is 0.497 e. The number of nitrogens with zero attached hydrogens (tertiary/aromatic N) is 2.